The van der Waals surface area contributed by atoms with Gasteiger partial charge in [0.05, 0.1) is 0 Å². The minimum absolute atomic E-state index is 0.650. The summed E-state index contributed by atoms with van der Waals surface area (Å²) in [5.74, 6) is 1.00. The van der Waals surface area contributed by atoms with E-state index in [1.165, 1.54) is 60.7 Å². The molecule has 2 rings (SSSR count). The van der Waals surface area contributed by atoms with Gasteiger partial charge in [-0.2, -0.15) is 0 Å². The van der Waals surface area contributed by atoms with E-state index in [4.69, 9.17) is 0 Å². The van der Waals surface area contributed by atoms with E-state index in [-0.39, 0.29) is 0 Å². The van der Waals surface area contributed by atoms with Gasteiger partial charge in [-0.3, -0.25) is 0 Å². The number of hydrogen-bond donors (Lipinski definition) is 1. The van der Waals surface area contributed by atoms with Crippen LogP contribution in [0.3, 0.4) is 0 Å². The fourth-order valence-corrected chi connectivity index (χ4v) is 4.50. The van der Waals surface area contributed by atoms with E-state index in [9.17, 15) is 0 Å². The molecule has 0 amide bonds. The van der Waals surface area contributed by atoms with Gasteiger partial charge in [-0.1, -0.05) is 32.1 Å². The van der Waals surface area contributed by atoms with Crippen LogP contribution in [0.2, 0.25) is 0 Å². The Kier molecular flexibility index (Phi) is 6.19. The van der Waals surface area contributed by atoms with Crippen LogP contribution < -0.4 is 5.32 Å². The van der Waals surface area contributed by atoms with Gasteiger partial charge in [0.1, 0.15) is 0 Å². The first-order valence-corrected chi connectivity index (χ1v) is 8.85. The zero-order chi connectivity index (χ0) is 12.8. The van der Waals surface area contributed by atoms with Gasteiger partial charge in [-0.15, -0.1) is 11.3 Å². The Balaban J connectivity index is 1.74. The monoisotopic (exact) mass is 329 g/mol. The van der Waals surface area contributed by atoms with Gasteiger partial charge in [-0.05, 0) is 54.2 Å². The van der Waals surface area contributed by atoms with E-state index in [2.05, 4.69) is 39.7 Å². The van der Waals surface area contributed by atoms with Gasteiger partial charge in [-0.25, -0.2) is 0 Å². The smallest absolute Gasteiger partial charge is 0.0285 e. The molecule has 1 atom stereocenters. The van der Waals surface area contributed by atoms with Crippen molar-refractivity contribution in [2.75, 3.05) is 7.05 Å². The molecule has 0 aromatic carbocycles. The Morgan fingerprint density at radius 3 is 2.78 bits per heavy atom. The van der Waals surface area contributed by atoms with Crippen LogP contribution in [-0.2, 0) is 6.42 Å². The molecular formula is C15H24BrNS. The Hall–Kier alpha value is 0.140. The Bertz CT molecular complexity index is 344. The molecule has 0 saturated heterocycles. The summed E-state index contributed by atoms with van der Waals surface area (Å²) in [6.45, 7) is 0. The van der Waals surface area contributed by atoms with Crippen molar-refractivity contribution in [3.05, 3.63) is 20.8 Å². The second kappa shape index (κ2) is 7.66. The van der Waals surface area contributed by atoms with Gasteiger partial charge in [0.25, 0.3) is 0 Å². The summed E-state index contributed by atoms with van der Waals surface area (Å²) >= 11 is 5.40. The molecule has 1 heterocycles. The largest absolute Gasteiger partial charge is 0.317 e. The lowest BCUT2D eigenvalue weighted by Crippen LogP contribution is -2.28. The minimum atomic E-state index is 0.650. The molecule has 1 N–H and O–H groups in total. The van der Waals surface area contributed by atoms with Gasteiger partial charge >= 0.3 is 0 Å². The molecule has 1 saturated carbocycles. The maximum absolute atomic E-state index is 3.54. The normalized spacial score (nSPS) is 19.0. The molecule has 1 aromatic rings. The van der Waals surface area contributed by atoms with Crippen molar-refractivity contribution in [1.82, 2.24) is 5.32 Å². The fourth-order valence-electron chi connectivity index (χ4n) is 2.96. The topological polar surface area (TPSA) is 12.0 Å². The zero-order valence-electron chi connectivity index (χ0n) is 11.3. The van der Waals surface area contributed by atoms with Gasteiger partial charge in [0.15, 0.2) is 0 Å². The average Bonchev–Trinajstić information content (AvgIpc) is 2.81. The summed E-state index contributed by atoms with van der Waals surface area (Å²) < 4.78 is 1.23. The van der Waals surface area contributed by atoms with Crippen LogP contribution in [0.15, 0.2) is 15.9 Å². The van der Waals surface area contributed by atoms with Crippen molar-refractivity contribution in [3.8, 4) is 0 Å². The van der Waals surface area contributed by atoms with Crippen LogP contribution in [-0.4, -0.2) is 13.1 Å². The molecule has 1 fully saturated rings. The predicted molar refractivity (Wildman–Crippen MR) is 84.4 cm³/mol. The third kappa shape index (κ3) is 4.67. The Labute approximate surface area is 123 Å². The first kappa shape index (κ1) is 14.5. The molecule has 0 radical (unpaired) electrons. The van der Waals surface area contributed by atoms with Crippen molar-refractivity contribution in [1.29, 1.82) is 0 Å². The molecule has 3 heteroatoms. The van der Waals surface area contributed by atoms with E-state index in [1.807, 2.05) is 11.3 Å². The van der Waals surface area contributed by atoms with Gasteiger partial charge < -0.3 is 5.32 Å². The van der Waals surface area contributed by atoms with E-state index in [0.29, 0.717) is 6.04 Å². The summed E-state index contributed by atoms with van der Waals surface area (Å²) in [6.07, 6.45) is 11.3. The summed E-state index contributed by atoms with van der Waals surface area (Å²) in [4.78, 5) is 1.49. The highest BCUT2D eigenvalue weighted by atomic mass is 79.9. The lowest BCUT2D eigenvalue weighted by molar-refractivity contribution is 0.316. The van der Waals surface area contributed by atoms with Crippen molar-refractivity contribution >= 4 is 27.3 Å². The van der Waals surface area contributed by atoms with Crippen LogP contribution in [0, 0.1) is 5.92 Å². The minimum Gasteiger partial charge on any atom is -0.317 e. The third-order valence-corrected chi connectivity index (χ3v) is 5.85. The van der Waals surface area contributed by atoms with Gasteiger partial charge in [0, 0.05) is 20.8 Å². The Morgan fingerprint density at radius 2 is 2.17 bits per heavy atom. The van der Waals surface area contributed by atoms with E-state index < -0.39 is 0 Å². The van der Waals surface area contributed by atoms with Crippen LogP contribution >= 0.6 is 27.3 Å². The number of halogens is 1. The highest BCUT2D eigenvalue weighted by molar-refractivity contribution is 9.10. The van der Waals surface area contributed by atoms with Crippen molar-refractivity contribution in [2.24, 2.45) is 5.92 Å². The average molecular weight is 330 g/mol. The number of hydrogen-bond acceptors (Lipinski definition) is 2. The summed E-state index contributed by atoms with van der Waals surface area (Å²) in [7, 11) is 2.11. The molecule has 1 unspecified atom stereocenters. The second-order valence-corrected chi connectivity index (χ2v) is 7.41. The molecular weight excluding hydrogens is 306 g/mol. The molecule has 18 heavy (non-hydrogen) atoms. The van der Waals surface area contributed by atoms with Gasteiger partial charge in [0.2, 0.25) is 0 Å². The number of nitrogens with one attached hydrogen (secondary N) is 1. The quantitative estimate of drug-likeness (QED) is 0.774. The van der Waals surface area contributed by atoms with E-state index >= 15 is 0 Å². The molecule has 1 nitrogen and oxygen atoms in total. The van der Waals surface area contributed by atoms with Crippen LogP contribution in [0.5, 0.6) is 0 Å². The summed E-state index contributed by atoms with van der Waals surface area (Å²) in [5.41, 5.74) is 0. The maximum atomic E-state index is 3.54. The number of thiophene rings is 1. The summed E-state index contributed by atoms with van der Waals surface area (Å²) in [5, 5.41) is 5.67. The standard InChI is InChI=1S/C15H24BrNS/c1-17-14(10-15-9-13(16)11-18-15)8-7-12-5-3-2-4-6-12/h9,11-12,14,17H,2-8,10H2,1H3. The fraction of sp³-hybridized carbons (Fsp3) is 0.733. The van der Waals surface area contributed by atoms with Crippen LogP contribution in [0.4, 0.5) is 0 Å². The second-order valence-electron chi connectivity index (χ2n) is 5.50. The first-order valence-electron chi connectivity index (χ1n) is 7.18. The van der Waals surface area contributed by atoms with Crippen molar-refractivity contribution in [3.63, 3.8) is 0 Å². The van der Waals surface area contributed by atoms with Crippen molar-refractivity contribution < 1.29 is 0 Å². The third-order valence-electron chi connectivity index (χ3n) is 4.13. The molecule has 0 spiro atoms. The predicted octanol–water partition coefficient (Wildman–Crippen LogP) is 5.00. The molecule has 1 aliphatic carbocycles. The highest BCUT2D eigenvalue weighted by Gasteiger charge is 2.16. The first-order chi connectivity index (χ1) is 8.78. The SMILES string of the molecule is CNC(CCC1CCCCC1)Cc1cc(Br)cs1. The maximum Gasteiger partial charge on any atom is 0.0285 e. The van der Waals surface area contributed by atoms with Crippen LogP contribution in [0.1, 0.15) is 49.8 Å². The molecule has 0 aliphatic heterocycles. The number of likely N-dealkylation sites (N-methyl/N-ethyl adjacent to an activating group) is 1. The van der Waals surface area contributed by atoms with E-state index in [0.717, 1.165) is 5.92 Å². The lowest BCUT2D eigenvalue weighted by atomic mass is 9.85. The Morgan fingerprint density at radius 1 is 1.39 bits per heavy atom. The highest BCUT2D eigenvalue weighted by Crippen LogP contribution is 2.28. The van der Waals surface area contributed by atoms with Crippen molar-refractivity contribution in [2.45, 2.75) is 57.4 Å². The number of rotatable bonds is 6. The summed E-state index contributed by atoms with van der Waals surface area (Å²) in [6, 6.07) is 2.91. The zero-order valence-corrected chi connectivity index (χ0v) is 13.7. The molecule has 102 valence electrons. The lowest BCUT2D eigenvalue weighted by Gasteiger charge is -2.24. The molecule has 0 bridgehead atoms. The van der Waals surface area contributed by atoms with E-state index in [1.54, 1.807) is 0 Å². The molecule has 1 aromatic heterocycles. The van der Waals surface area contributed by atoms with Crippen LogP contribution in [0.25, 0.3) is 0 Å². The molecule has 1 aliphatic rings.